The first-order valence-corrected chi connectivity index (χ1v) is 6.49. The number of nitrogens with zero attached hydrogens (tertiary/aromatic N) is 1. The van der Waals surface area contributed by atoms with E-state index in [-0.39, 0.29) is 6.03 Å². The number of nitrogens with one attached hydrogen (secondary N) is 3. The van der Waals surface area contributed by atoms with Gasteiger partial charge in [0.05, 0.1) is 0 Å². The summed E-state index contributed by atoms with van der Waals surface area (Å²) in [7, 11) is 3.32. The van der Waals surface area contributed by atoms with Gasteiger partial charge in [0.2, 0.25) is 0 Å². The summed E-state index contributed by atoms with van der Waals surface area (Å²) >= 11 is 0. The summed E-state index contributed by atoms with van der Waals surface area (Å²) in [4.78, 5) is 15.8. The SMILES string of the molecule is CCc1cccc(CC)c1NC(=O)NC(=NC)NC. The highest BCUT2D eigenvalue weighted by molar-refractivity contribution is 6.02. The number of rotatable bonds is 3. The summed E-state index contributed by atoms with van der Waals surface area (Å²) in [5, 5.41) is 8.37. The van der Waals surface area contributed by atoms with Crippen molar-refractivity contribution in [3.8, 4) is 0 Å². The zero-order valence-corrected chi connectivity index (χ0v) is 12.0. The van der Waals surface area contributed by atoms with Gasteiger partial charge in [0.25, 0.3) is 0 Å². The zero-order chi connectivity index (χ0) is 14.3. The van der Waals surface area contributed by atoms with Crippen molar-refractivity contribution >= 4 is 17.7 Å². The third-order valence-electron chi connectivity index (χ3n) is 2.93. The van der Waals surface area contributed by atoms with Gasteiger partial charge in [-0.2, -0.15) is 0 Å². The van der Waals surface area contributed by atoms with E-state index in [1.54, 1.807) is 14.1 Å². The van der Waals surface area contributed by atoms with E-state index in [0.29, 0.717) is 5.96 Å². The van der Waals surface area contributed by atoms with Gasteiger partial charge >= 0.3 is 6.03 Å². The number of carbonyl (C=O) groups excluding carboxylic acids is 1. The number of para-hydroxylation sites is 1. The minimum atomic E-state index is -0.287. The lowest BCUT2D eigenvalue weighted by Gasteiger charge is -2.15. The maximum Gasteiger partial charge on any atom is 0.326 e. The van der Waals surface area contributed by atoms with Crippen molar-refractivity contribution in [1.29, 1.82) is 0 Å². The molecule has 3 N–H and O–H groups in total. The fourth-order valence-electron chi connectivity index (χ4n) is 1.89. The van der Waals surface area contributed by atoms with E-state index in [2.05, 4.69) is 34.8 Å². The predicted molar refractivity (Wildman–Crippen MR) is 79.8 cm³/mol. The Labute approximate surface area is 114 Å². The molecule has 1 rings (SSSR count). The van der Waals surface area contributed by atoms with Crippen LogP contribution in [-0.2, 0) is 12.8 Å². The lowest BCUT2D eigenvalue weighted by atomic mass is 10.0. The molecule has 104 valence electrons. The zero-order valence-electron chi connectivity index (χ0n) is 12.0. The largest absolute Gasteiger partial charge is 0.359 e. The third kappa shape index (κ3) is 3.98. The van der Waals surface area contributed by atoms with Gasteiger partial charge in [-0.05, 0) is 24.0 Å². The summed E-state index contributed by atoms with van der Waals surface area (Å²) in [6.07, 6.45) is 1.76. The van der Waals surface area contributed by atoms with Gasteiger partial charge in [-0.15, -0.1) is 0 Å². The number of hydrogen-bond acceptors (Lipinski definition) is 2. The van der Waals surface area contributed by atoms with E-state index in [4.69, 9.17) is 0 Å². The third-order valence-corrected chi connectivity index (χ3v) is 2.93. The summed E-state index contributed by atoms with van der Waals surface area (Å²) in [6.45, 7) is 4.15. The first-order valence-electron chi connectivity index (χ1n) is 6.49. The number of aryl methyl sites for hydroxylation is 2. The summed E-state index contributed by atoms with van der Waals surface area (Å²) in [5.74, 6) is 0.435. The lowest BCUT2D eigenvalue weighted by Crippen LogP contribution is -2.41. The number of benzene rings is 1. The highest BCUT2D eigenvalue weighted by atomic mass is 16.2. The molecule has 0 aliphatic rings. The van der Waals surface area contributed by atoms with Crippen LogP contribution in [0.15, 0.2) is 23.2 Å². The highest BCUT2D eigenvalue weighted by Gasteiger charge is 2.10. The summed E-state index contributed by atoms with van der Waals surface area (Å²) < 4.78 is 0. The van der Waals surface area contributed by atoms with Crippen LogP contribution in [0.4, 0.5) is 10.5 Å². The molecule has 0 bridgehead atoms. The Bertz CT molecular complexity index is 446. The van der Waals surface area contributed by atoms with Crippen LogP contribution in [0, 0.1) is 0 Å². The second-order valence-electron chi connectivity index (χ2n) is 4.06. The number of guanidine groups is 1. The van der Waals surface area contributed by atoms with Crippen LogP contribution >= 0.6 is 0 Å². The van der Waals surface area contributed by atoms with Crippen LogP contribution in [0.2, 0.25) is 0 Å². The molecule has 0 saturated heterocycles. The lowest BCUT2D eigenvalue weighted by molar-refractivity contribution is 0.256. The van der Waals surface area contributed by atoms with Crippen LogP contribution in [0.3, 0.4) is 0 Å². The number of aliphatic imine (C=N–C) groups is 1. The first kappa shape index (κ1) is 15.0. The Balaban J connectivity index is 2.89. The monoisotopic (exact) mass is 262 g/mol. The number of anilines is 1. The molecular weight excluding hydrogens is 240 g/mol. The Morgan fingerprint density at radius 1 is 1.21 bits per heavy atom. The van der Waals surface area contributed by atoms with Crippen molar-refractivity contribution in [3.63, 3.8) is 0 Å². The molecule has 1 aromatic rings. The Morgan fingerprint density at radius 2 is 1.79 bits per heavy atom. The fourth-order valence-corrected chi connectivity index (χ4v) is 1.89. The molecule has 0 aliphatic heterocycles. The maximum absolute atomic E-state index is 11.9. The smallest absolute Gasteiger partial charge is 0.326 e. The first-order chi connectivity index (χ1) is 9.15. The molecular formula is C14H22N4O. The van der Waals surface area contributed by atoms with Gasteiger partial charge in [-0.3, -0.25) is 10.3 Å². The number of carbonyl (C=O) groups is 1. The topological polar surface area (TPSA) is 65.5 Å². The number of urea groups is 1. The molecule has 0 aliphatic carbocycles. The molecule has 0 heterocycles. The van der Waals surface area contributed by atoms with Crippen LogP contribution in [0.5, 0.6) is 0 Å². The van der Waals surface area contributed by atoms with Crippen LogP contribution < -0.4 is 16.0 Å². The number of hydrogen-bond donors (Lipinski definition) is 3. The van der Waals surface area contributed by atoms with E-state index in [9.17, 15) is 4.79 Å². The molecule has 0 radical (unpaired) electrons. The van der Waals surface area contributed by atoms with E-state index in [1.165, 1.54) is 0 Å². The standard InChI is InChI=1S/C14H22N4O/c1-5-10-8-7-9-11(6-2)12(10)17-14(19)18-13(15-3)16-4/h7-9H,5-6H2,1-4H3,(H3,15,16,17,18,19). The molecule has 0 aromatic heterocycles. The normalized spacial score (nSPS) is 11.1. The van der Waals surface area contributed by atoms with Gasteiger partial charge in [0, 0.05) is 19.8 Å². The Morgan fingerprint density at radius 3 is 2.21 bits per heavy atom. The molecule has 2 amide bonds. The van der Waals surface area contributed by atoms with Crippen molar-refractivity contribution in [3.05, 3.63) is 29.3 Å². The molecule has 5 heteroatoms. The van der Waals surface area contributed by atoms with E-state index < -0.39 is 0 Å². The second-order valence-corrected chi connectivity index (χ2v) is 4.06. The molecule has 0 unspecified atom stereocenters. The summed E-state index contributed by atoms with van der Waals surface area (Å²) in [6, 6.07) is 5.79. The van der Waals surface area contributed by atoms with Crippen LogP contribution in [-0.4, -0.2) is 26.1 Å². The molecule has 0 spiro atoms. The van der Waals surface area contributed by atoms with Gasteiger partial charge in [0.15, 0.2) is 5.96 Å². The van der Waals surface area contributed by atoms with E-state index >= 15 is 0 Å². The van der Waals surface area contributed by atoms with E-state index in [1.807, 2.05) is 18.2 Å². The summed E-state index contributed by atoms with van der Waals surface area (Å²) in [5.41, 5.74) is 3.17. The molecule has 0 atom stereocenters. The van der Waals surface area contributed by atoms with Crippen molar-refractivity contribution in [2.75, 3.05) is 19.4 Å². The van der Waals surface area contributed by atoms with Gasteiger partial charge < -0.3 is 10.6 Å². The molecule has 19 heavy (non-hydrogen) atoms. The predicted octanol–water partition coefficient (Wildman–Crippen LogP) is 2.14. The van der Waals surface area contributed by atoms with Crippen molar-refractivity contribution in [2.24, 2.45) is 4.99 Å². The van der Waals surface area contributed by atoms with Gasteiger partial charge in [-0.25, -0.2) is 4.79 Å². The maximum atomic E-state index is 11.9. The molecule has 1 aromatic carbocycles. The second kappa shape index (κ2) is 7.41. The average molecular weight is 262 g/mol. The minimum Gasteiger partial charge on any atom is -0.359 e. The van der Waals surface area contributed by atoms with E-state index in [0.717, 1.165) is 29.7 Å². The Kier molecular flexibility index (Phi) is 5.85. The fraction of sp³-hybridized carbons (Fsp3) is 0.429. The van der Waals surface area contributed by atoms with Crippen LogP contribution in [0.25, 0.3) is 0 Å². The Hall–Kier alpha value is -2.04. The van der Waals surface area contributed by atoms with Gasteiger partial charge in [-0.1, -0.05) is 32.0 Å². The molecule has 0 fully saturated rings. The minimum absolute atomic E-state index is 0.287. The molecule has 0 saturated carbocycles. The highest BCUT2D eigenvalue weighted by Crippen LogP contribution is 2.22. The van der Waals surface area contributed by atoms with Crippen molar-refractivity contribution in [1.82, 2.24) is 10.6 Å². The van der Waals surface area contributed by atoms with Crippen molar-refractivity contribution < 1.29 is 4.79 Å². The average Bonchev–Trinajstić information content (AvgIpc) is 2.44. The van der Waals surface area contributed by atoms with Crippen LogP contribution in [0.1, 0.15) is 25.0 Å². The number of amides is 2. The quantitative estimate of drug-likeness (QED) is 0.577. The van der Waals surface area contributed by atoms with Gasteiger partial charge in [0.1, 0.15) is 0 Å². The van der Waals surface area contributed by atoms with Crippen molar-refractivity contribution in [2.45, 2.75) is 26.7 Å². The molecule has 5 nitrogen and oxygen atoms in total.